The first-order valence-electron chi connectivity index (χ1n) is 4.98. The van der Waals surface area contributed by atoms with E-state index in [4.69, 9.17) is 17.3 Å². The number of anilines is 1. The summed E-state index contributed by atoms with van der Waals surface area (Å²) in [6.45, 7) is 1.90. The Kier molecular flexibility index (Phi) is 3.81. The van der Waals surface area contributed by atoms with Gasteiger partial charge in [0.15, 0.2) is 0 Å². The summed E-state index contributed by atoms with van der Waals surface area (Å²) in [6, 6.07) is 5.42. The van der Waals surface area contributed by atoms with Crippen molar-refractivity contribution in [3.05, 3.63) is 40.9 Å². The third-order valence-corrected chi connectivity index (χ3v) is 3.13. The van der Waals surface area contributed by atoms with E-state index in [1.807, 2.05) is 19.1 Å². The predicted octanol–water partition coefficient (Wildman–Crippen LogP) is 2.71. The summed E-state index contributed by atoms with van der Waals surface area (Å²) >= 11 is 7.31. The second-order valence-corrected chi connectivity index (χ2v) is 4.89. The highest BCUT2D eigenvalue weighted by Crippen LogP contribution is 2.20. The molecule has 2 heterocycles. The van der Waals surface area contributed by atoms with Gasteiger partial charge in [0.25, 0.3) is 0 Å². The predicted molar refractivity (Wildman–Crippen MR) is 70.0 cm³/mol. The first-order chi connectivity index (χ1) is 8.13. The molecule has 0 fully saturated rings. The van der Waals surface area contributed by atoms with Crippen LogP contribution in [-0.2, 0) is 5.75 Å². The van der Waals surface area contributed by atoms with Crippen LogP contribution in [0.2, 0.25) is 5.02 Å². The molecule has 17 heavy (non-hydrogen) atoms. The maximum Gasteiger partial charge on any atom is 0.141 e. The van der Waals surface area contributed by atoms with E-state index in [1.165, 1.54) is 0 Å². The molecule has 0 atom stereocenters. The number of nitrogen functional groups attached to an aromatic ring is 1. The molecule has 0 saturated carbocycles. The molecule has 2 aromatic heterocycles. The largest absolute Gasteiger partial charge is 0.384 e. The zero-order valence-electron chi connectivity index (χ0n) is 9.22. The van der Waals surface area contributed by atoms with Crippen molar-refractivity contribution in [1.29, 1.82) is 0 Å². The van der Waals surface area contributed by atoms with Gasteiger partial charge in [-0.05, 0) is 19.1 Å². The van der Waals surface area contributed by atoms with Gasteiger partial charge in [0, 0.05) is 18.0 Å². The van der Waals surface area contributed by atoms with Gasteiger partial charge in [-0.15, -0.1) is 0 Å². The molecular weight excluding hydrogens is 256 g/mol. The highest BCUT2D eigenvalue weighted by atomic mass is 35.5. The summed E-state index contributed by atoms with van der Waals surface area (Å²) in [5.41, 5.74) is 6.53. The van der Waals surface area contributed by atoms with Gasteiger partial charge in [-0.3, -0.25) is 0 Å². The Labute approximate surface area is 109 Å². The molecule has 0 aliphatic rings. The number of nitrogens with zero attached hydrogens (tertiary/aromatic N) is 3. The molecule has 0 amide bonds. The Morgan fingerprint density at radius 2 is 2.18 bits per heavy atom. The van der Waals surface area contributed by atoms with Crippen LogP contribution in [-0.4, -0.2) is 15.0 Å². The van der Waals surface area contributed by atoms with Crippen LogP contribution in [0.4, 0.5) is 5.82 Å². The van der Waals surface area contributed by atoms with Gasteiger partial charge < -0.3 is 5.73 Å². The minimum Gasteiger partial charge on any atom is -0.384 e. The lowest BCUT2D eigenvalue weighted by Crippen LogP contribution is -2.00. The highest BCUT2D eigenvalue weighted by molar-refractivity contribution is 7.98. The van der Waals surface area contributed by atoms with Gasteiger partial charge in [0.1, 0.15) is 11.6 Å². The Morgan fingerprint density at radius 1 is 1.35 bits per heavy atom. The van der Waals surface area contributed by atoms with E-state index >= 15 is 0 Å². The van der Waals surface area contributed by atoms with Crippen LogP contribution in [0.15, 0.2) is 29.4 Å². The van der Waals surface area contributed by atoms with E-state index in [2.05, 4.69) is 15.0 Å². The van der Waals surface area contributed by atoms with E-state index in [-0.39, 0.29) is 0 Å². The van der Waals surface area contributed by atoms with Crippen LogP contribution >= 0.6 is 23.4 Å². The first-order valence-corrected chi connectivity index (χ1v) is 6.34. The van der Waals surface area contributed by atoms with E-state index in [9.17, 15) is 0 Å². The molecular formula is C11H11ClN4S. The minimum absolute atomic E-state index is 0.497. The Hall–Kier alpha value is -1.33. The summed E-state index contributed by atoms with van der Waals surface area (Å²) in [6.07, 6.45) is 1.62. The number of thioether (sulfide) groups is 1. The average Bonchev–Trinajstić information content (AvgIpc) is 2.27. The van der Waals surface area contributed by atoms with Crippen molar-refractivity contribution in [3.8, 4) is 0 Å². The number of rotatable bonds is 3. The Morgan fingerprint density at radius 3 is 2.82 bits per heavy atom. The van der Waals surface area contributed by atoms with Crippen LogP contribution in [0.5, 0.6) is 0 Å². The normalized spacial score (nSPS) is 10.5. The summed E-state index contributed by atoms with van der Waals surface area (Å²) < 4.78 is 0. The van der Waals surface area contributed by atoms with Crippen LogP contribution in [0, 0.1) is 6.92 Å². The molecule has 0 aromatic carbocycles. The topological polar surface area (TPSA) is 64.7 Å². The number of hydrogen-bond donors (Lipinski definition) is 1. The zero-order chi connectivity index (χ0) is 12.3. The summed E-state index contributed by atoms with van der Waals surface area (Å²) in [4.78, 5) is 12.6. The minimum atomic E-state index is 0.497. The van der Waals surface area contributed by atoms with Crippen LogP contribution in [0.25, 0.3) is 0 Å². The third kappa shape index (κ3) is 3.57. The smallest absolute Gasteiger partial charge is 0.141 e. The SMILES string of the molecule is Cc1cc(N)nc(CSc2ccc(Cl)cn2)n1. The van der Waals surface area contributed by atoms with Crippen molar-refractivity contribution in [2.75, 3.05) is 5.73 Å². The summed E-state index contributed by atoms with van der Waals surface area (Å²) in [7, 11) is 0. The van der Waals surface area contributed by atoms with Crippen LogP contribution in [0.1, 0.15) is 11.5 Å². The fourth-order valence-corrected chi connectivity index (χ4v) is 2.12. The van der Waals surface area contributed by atoms with Crippen molar-refractivity contribution in [1.82, 2.24) is 15.0 Å². The second-order valence-electron chi connectivity index (χ2n) is 3.45. The lowest BCUT2D eigenvalue weighted by Gasteiger charge is -2.02. The van der Waals surface area contributed by atoms with Crippen molar-refractivity contribution < 1.29 is 0 Å². The fraction of sp³-hybridized carbons (Fsp3) is 0.182. The number of aryl methyl sites for hydroxylation is 1. The lowest BCUT2D eigenvalue weighted by atomic mass is 10.4. The van der Waals surface area contributed by atoms with Gasteiger partial charge in [0.05, 0.1) is 15.8 Å². The monoisotopic (exact) mass is 266 g/mol. The van der Waals surface area contributed by atoms with Gasteiger partial charge >= 0.3 is 0 Å². The molecule has 4 nitrogen and oxygen atoms in total. The van der Waals surface area contributed by atoms with Crippen molar-refractivity contribution in [3.63, 3.8) is 0 Å². The standard InChI is InChI=1S/C11H11ClN4S/c1-7-4-9(13)16-10(15-7)6-17-11-3-2-8(12)5-14-11/h2-5H,6H2,1H3,(H2,13,15,16). The van der Waals surface area contributed by atoms with Crippen molar-refractivity contribution >= 4 is 29.2 Å². The molecule has 0 spiro atoms. The lowest BCUT2D eigenvalue weighted by molar-refractivity contribution is 0.999. The average molecular weight is 267 g/mol. The molecule has 0 saturated heterocycles. The molecule has 88 valence electrons. The van der Waals surface area contributed by atoms with Crippen LogP contribution < -0.4 is 5.73 Å². The molecule has 0 aliphatic carbocycles. The summed E-state index contributed by atoms with van der Waals surface area (Å²) in [5, 5.41) is 1.52. The van der Waals surface area contributed by atoms with E-state index < -0.39 is 0 Å². The van der Waals surface area contributed by atoms with E-state index in [0.717, 1.165) is 10.7 Å². The van der Waals surface area contributed by atoms with Gasteiger partial charge in [-0.2, -0.15) is 0 Å². The highest BCUT2D eigenvalue weighted by Gasteiger charge is 2.02. The zero-order valence-corrected chi connectivity index (χ0v) is 10.8. The van der Waals surface area contributed by atoms with Gasteiger partial charge in [-0.25, -0.2) is 15.0 Å². The number of nitrogens with two attached hydrogens (primary N) is 1. The molecule has 2 aromatic rings. The fourth-order valence-electron chi connectivity index (χ4n) is 1.31. The summed E-state index contributed by atoms with van der Waals surface area (Å²) in [5.74, 6) is 1.85. The maximum atomic E-state index is 5.76. The number of halogens is 1. The maximum absolute atomic E-state index is 5.76. The molecule has 0 aliphatic heterocycles. The van der Waals surface area contributed by atoms with Crippen LogP contribution in [0.3, 0.4) is 0 Å². The first kappa shape index (κ1) is 12.1. The van der Waals surface area contributed by atoms with Gasteiger partial charge in [-0.1, -0.05) is 23.4 Å². The second kappa shape index (κ2) is 5.33. The van der Waals surface area contributed by atoms with Gasteiger partial charge in [0.2, 0.25) is 0 Å². The quantitative estimate of drug-likeness (QED) is 0.866. The number of hydrogen-bond acceptors (Lipinski definition) is 5. The number of pyridine rings is 1. The van der Waals surface area contributed by atoms with Crippen molar-refractivity contribution in [2.24, 2.45) is 0 Å². The third-order valence-electron chi connectivity index (χ3n) is 1.97. The van der Waals surface area contributed by atoms with Crippen molar-refractivity contribution in [2.45, 2.75) is 17.7 Å². The molecule has 2 rings (SSSR count). The molecule has 2 N–H and O–H groups in total. The Balaban J connectivity index is 2.04. The van der Waals surface area contributed by atoms with E-state index in [0.29, 0.717) is 22.4 Å². The molecule has 0 unspecified atom stereocenters. The van der Waals surface area contributed by atoms with E-state index in [1.54, 1.807) is 24.0 Å². The Bertz CT molecular complexity index is 495. The number of aromatic nitrogens is 3. The molecule has 0 radical (unpaired) electrons. The molecule has 6 heteroatoms. The molecule has 0 bridgehead atoms.